The molecule has 0 bridgehead atoms. The third-order valence-electron chi connectivity index (χ3n) is 4.76. The van der Waals surface area contributed by atoms with E-state index < -0.39 is 0 Å². The van der Waals surface area contributed by atoms with E-state index in [1.807, 2.05) is 18.2 Å². The predicted molar refractivity (Wildman–Crippen MR) is 100 cm³/mol. The van der Waals surface area contributed by atoms with E-state index in [1.165, 1.54) is 0 Å². The summed E-state index contributed by atoms with van der Waals surface area (Å²) in [6, 6.07) is 7.53. The normalized spacial score (nSPS) is 17.7. The number of aromatic nitrogens is 4. The summed E-state index contributed by atoms with van der Waals surface area (Å²) < 4.78 is 18.7. The van der Waals surface area contributed by atoms with E-state index in [9.17, 15) is 0 Å². The highest BCUT2D eigenvalue weighted by atomic mass is 16.5. The minimum absolute atomic E-state index is 0.178. The number of hydrogen-bond acceptors (Lipinski definition) is 7. The number of hydrogen-bond donors (Lipinski definition) is 0. The Hall–Kier alpha value is -3.13. The van der Waals surface area contributed by atoms with Gasteiger partial charge in [0.25, 0.3) is 0 Å². The number of methoxy groups -OCH3 is 1. The standard InChI is InChI=1S/C19H19N5O3/c1-12-11-23(7-8-26-12)19-13-9-16(27-15(13)5-6-20-19)14-10-21-17-3-4-18(25-2)22-24(14)17/h3-6,9-10,12H,7-8,11H2,1-2H3. The number of furan rings is 1. The molecule has 1 saturated heterocycles. The van der Waals surface area contributed by atoms with E-state index in [4.69, 9.17) is 13.9 Å². The Labute approximate surface area is 155 Å². The maximum atomic E-state index is 6.11. The summed E-state index contributed by atoms with van der Waals surface area (Å²) in [5, 5.41) is 5.42. The van der Waals surface area contributed by atoms with Gasteiger partial charge in [-0.2, -0.15) is 0 Å². The number of rotatable bonds is 3. The second-order valence-electron chi connectivity index (χ2n) is 6.57. The van der Waals surface area contributed by atoms with Crippen LogP contribution in [0.5, 0.6) is 5.88 Å². The minimum Gasteiger partial charge on any atom is -0.480 e. The van der Waals surface area contributed by atoms with Crippen molar-refractivity contribution in [1.82, 2.24) is 19.6 Å². The average molecular weight is 365 g/mol. The summed E-state index contributed by atoms with van der Waals surface area (Å²) in [4.78, 5) is 11.2. The molecule has 27 heavy (non-hydrogen) atoms. The summed E-state index contributed by atoms with van der Waals surface area (Å²) in [6.07, 6.45) is 3.71. The van der Waals surface area contributed by atoms with Gasteiger partial charge in [-0.15, -0.1) is 5.10 Å². The third kappa shape index (κ3) is 2.69. The fraction of sp³-hybridized carbons (Fsp3) is 0.316. The van der Waals surface area contributed by atoms with Gasteiger partial charge in [-0.3, -0.25) is 0 Å². The highest BCUT2D eigenvalue weighted by Crippen LogP contribution is 2.33. The summed E-state index contributed by atoms with van der Waals surface area (Å²) >= 11 is 0. The molecular weight excluding hydrogens is 346 g/mol. The van der Waals surface area contributed by atoms with Crippen LogP contribution in [0.4, 0.5) is 5.82 Å². The molecule has 8 nitrogen and oxygen atoms in total. The molecule has 0 spiro atoms. The van der Waals surface area contributed by atoms with Gasteiger partial charge in [-0.1, -0.05) is 0 Å². The monoisotopic (exact) mass is 365 g/mol. The Kier molecular flexibility index (Phi) is 3.71. The van der Waals surface area contributed by atoms with Crippen LogP contribution in [0.1, 0.15) is 6.92 Å². The number of pyridine rings is 1. The first-order valence-electron chi connectivity index (χ1n) is 8.87. The van der Waals surface area contributed by atoms with Crippen LogP contribution >= 0.6 is 0 Å². The van der Waals surface area contributed by atoms with Crippen molar-refractivity contribution in [3.05, 3.63) is 36.7 Å². The maximum absolute atomic E-state index is 6.11. The molecule has 0 saturated carbocycles. The van der Waals surface area contributed by atoms with Crippen molar-refractivity contribution >= 4 is 22.4 Å². The van der Waals surface area contributed by atoms with Gasteiger partial charge in [-0.05, 0) is 25.1 Å². The van der Waals surface area contributed by atoms with Crippen LogP contribution in [-0.4, -0.2) is 52.5 Å². The largest absolute Gasteiger partial charge is 0.480 e. The maximum Gasteiger partial charge on any atom is 0.231 e. The van der Waals surface area contributed by atoms with E-state index in [0.29, 0.717) is 18.2 Å². The van der Waals surface area contributed by atoms with E-state index in [2.05, 4.69) is 26.9 Å². The molecule has 4 aromatic heterocycles. The molecule has 8 heteroatoms. The van der Waals surface area contributed by atoms with Crippen LogP contribution in [0.2, 0.25) is 0 Å². The molecule has 1 unspecified atom stereocenters. The Morgan fingerprint density at radius 2 is 2.15 bits per heavy atom. The number of imidazole rings is 1. The summed E-state index contributed by atoms with van der Waals surface area (Å²) in [5.41, 5.74) is 2.28. The van der Waals surface area contributed by atoms with Gasteiger partial charge in [0.15, 0.2) is 11.4 Å². The molecule has 4 aromatic rings. The van der Waals surface area contributed by atoms with Gasteiger partial charge in [-0.25, -0.2) is 14.5 Å². The minimum atomic E-state index is 0.178. The lowest BCUT2D eigenvalue weighted by molar-refractivity contribution is 0.0530. The van der Waals surface area contributed by atoms with Gasteiger partial charge in [0.1, 0.15) is 17.1 Å². The molecule has 0 aliphatic carbocycles. The number of morpholine rings is 1. The first kappa shape index (κ1) is 16.1. The topological polar surface area (TPSA) is 77.9 Å². The van der Waals surface area contributed by atoms with Crippen molar-refractivity contribution < 1.29 is 13.9 Å². The zero-order valence-corrected chi connectivity index (χ0v) is 15.1. The second-order valence-corrected chi connectivity index (χ2v) is 6.57. The van der Waals surface area contributed by atoms with E-state index in [1.54, 1.807) is 30.1 Å². The van der Waals surface area contributed by atoms with Crippen molar-refractivity contribution in [2.24, 2.45) is 0 Å². The molecule has 1 fully saturated rings. The van der Waals surface area contributed by atoms with E-state index >= 15 is 0 Å². The fourth-order valence-corrected chi connectivity index (χ4v) is 3.47. The average Bonchev–Trinajstić information content (AvgIpc) is 3.30. The lowest BCUT2D eigenvalue weighted by atomic mass is 10.2. The van der Waals surface area contributed by atoms with Crippen LogP contribution < -0.4 is 9.64 Å². The highest BCUT2D eigenvalue weighted by Gasteiger charge is 2.22. The quantitative estimate of drug-likeness (QED) is 0.552. The molecule has 0 amide bonds. The Balaban J connectivity index is 1.62. The summed E-state index contributed by atoms with van der Waals surface area (Å²) in [5.74, 6) is 2.12. The van der Waals surface area contributed by atoms with Gasteiger partial charge in [0.05, 0.1) is 31.4 Å². The zero-order valence-electron chi connectivity index (χ0n) is 15.1. The van der Waals surface area contributed by atoms with Gasteiger partial charge >= 0.3 is 0 Å². The summed E-state index contributed by atoms with van der Waals surface area (Å²) in [7, 11) is 1.59. The molecular formula is C19H19N5O3. The molecule has 1 aliphatic rings. The van der Waals surface area contributed by atoms with Gasteiger partial charge < -0.3 is 18.8 Å². The Bertz CT molecular complexity index is 1120. The summed E-state index contributed by atoms with van der Waals surface area (Å²) in [6.45, 7) is 4.39. The van der Waals surface area contributed by atoms with Crippen molar-refractivity contribution in [3.63, 3.8) is 0 Å². The van der Waals surface area contributed by atoms with Gasteiger partial charge in [0, 0.05) is 25.4 Å². The van der Waals surface area contributed by atoms with E-state index in [0.717, 1.165) is 41.2 Å². The lowest BCUT2D eigenvalue weighted by Crippen LogP contribution is -2.41. The Morgan fingerprint density at radius 3 is 3.00 bits per heavy atom. The molecule has 0 N–H and O–H groups in total. The number of nitrogens with zero attached hydrogens (tertiary/aromatic N) is 5. The fourth-order valence-electron chi connectivity index (χ4n) is 3.47. The van der Waals surface area contributed by atoms with Crippen LogP contribution in [0.15, 0.2) is 41.1 Å². The first-order valence-corrected chi connectivity index (χ1v) is 8.87. The molecule has 0 aromatic carbocycles. The Morgan fingerprint density at radius 1 is 1.22 bits per heavy atom. The van der Waals surface area contributed by atoms with Crippen LogP contribution in [0.25, 0.3) is 28.1 Å². The van der Waals surface area contributed by atoms with Crippen molar-refractivity contribution in [2.75, 3.05) is 31.7 Å². The zero-order chi connectivity index (χ0) is 18.4. The first-order chi connectivity index (χ1) is 13.2. The number of ether oxygens (including phenoxy) is 2. The molecule has 1 aliphatic heterocycles. The lowest BCUT2D eigenvalue weighted by Gasteiger charge is -2.32. The predicted octanol–water partition coefficient (Wildman–Crippen LogP) is 2.77. The number of anilines is 1. The molecule has 138 valence electrons. The smallest absolute Gasteiger partial charge is 0.231 e. The third-order valence-corrected chi connectivity index (χ3v) is 4.76. The molecule has 1 atom stereocenters. The van der Waals surface area contributed by atoms with Gasteiger partial charge in [0.2, 0.25) is 5.88 Å². The molecule has 0 radical (unpaired) electrons. The van der Waals surface area contributed by atoms with Crippen LogP contribution in [-0.2, 0) is 4.74 Å². The van der Waals surface area contributed by atoms with E-state index in [-0.39, 0.29) is 6.10 Å². The van der Waals surface area contributed by atoms with Crippen molar-refractivity contribution in [3.8, 4) is 17.3 Å². The SMILES string of the molecule is COc1ccc2ncc(-c3cc4c(N5CCOC(C)C5)nccc4o3)n2n1. The van der Waals surface area contributed by atoms with Crippen LogP contribution in [0.3, 0.4) is 0 Å². The van der Waals surface area contributed by atoms with Crippen molar-refractivity contribution in [2.45, 2.75) is 13.0 Å². The van der Waals surface area contributed by atoms with Crippen molar-refractivity contribution in [1.29, 1.82) is 0 Å². The second kappa shape index (κ2) is 6.24. The molecule has 5 heterocycles. The highest BCUT2D eigenvalue weighted by molar-refractivity contribution is 5.92. The number of fused-ring (bicyclic) bond motifs is 2. The van der Waals surface area contributed by atoms with Crippen LogP contribution in [0, 0.1) is 0 Å². The molecule has 5 rings (SSSR count).